The Morgan fingerprint density at radius 1 is 0.296 bits per heavy atom. The van der Waals surface area contributed by atoms with E-state index in [4.69, 9.17) is 37.0 Å². The summed E-state index contributed by atoms with van der Waals surface area (Å²) in [5.74, 6) is -2.22. The van der Waals surface area contributed by atoms with Crippen LogP contribution in [0.5, 0.6) is 0 Å². The van der Waals surface area contributed by atoms with E-state index < -0.39 is 97.5 Å². The van der Waals surface area contributed by atoms with E-state index >= 15 is 0 Å². The summed E-state index contributed by atoms with van der Waals surface area (Å²) >= 11 is 0. The first kappa shape index (κ1) is 94.0. The van der Waals surface area contributed by atoms with Gasteiger partial charge in [-0.25, -0.2) is 9.13 Å². The molecule has 0 saturated heterocycles. The first-order valence-electron chi connectivity index (χ1n) is 38.5. The molecule has 0 aliphatic heterocycles. The molecule has 0 bridgehead atoms. The number of carbonyl (C=O) groups is 4. The lowest BCUT2D eigenvalue weighted by Crippen LogP contribution is -2.30. The third-order valence-electron chi connectivity index (χ3n) is 16.0. The number of hydrogen-bond acceptors (Lipinski definition) is 15. The van der Waals surface area contributed by atoms with E-state index in [-0.39, 0.29) is 25.7 Å². The number of rotatable bonds is 72. The Hall–Kier alpha value is -4.02. The number of carbonyl (C=O) groups excluding carboxylic acids is 4. The van der Waals surface area contributed by atoms with Gasteiger partial charge in [0, 0.05) is 25.7 Å². The van der Waals surface area contributed by atoms with Crippen LogP contribution in [0.3, 0.4) is 0 Å². The normalized spacial score (nSPS) is 14.5. The first-order chi connectivity index (χ1) is 47.7. The fourth-order valence-electron chi connectivity index (χ4n) is 10.1. The monoisotopic (exact) mass is 1420 g/mol. The average Bonchev–Trinajstić information content (AvgIpc) is 0.959. The minimum Gasteiger partial charge on any atom is -0.462 e. The topological polar surface area (TPSA) is 237 Å². The Kier molecular flexibility index (Phi) is 68.4. The van der Waals surface area contributed by atoms with Crippen molar-refractivity contribution < 1.29 is 80.2 Å². The zero-order chi connectivity index (χ0) is 71.8. The van der Waals surface area contributed by atoms with Crippen LogP contribution in [0.2, 0.25) is 0 Å². The molecule has 0 aromatic carbocycles. The molecule has 0 radical (unpaired) electrons. The Morgan fingerprint density at radius 3 is 0.847 bits per heavy atom. The largest absolute Gasteiger partial charge is 0.472 e. The standard InChI is InChI=1S/C79H138O17P2/c1-5-9-13-17-21-25-29-33-36-40-43-47-51-55-59-63-76(81)89-69-74(95-78(83)65-61-57-53-49-45-39-32-28-24-20-16-12-8-4)71-93-97(85,86)91-67-73(80)68-92-98(87,88)94-72-75(96-79(84)66-62-58-54-50-46-42-38-35-31-27-23-19-15-11-7-3)70-90-77(82)64-60-56-52-48-44-41-37-34-30-26-22-18-14-10-6-2/h9,13,21-23,25-28,32-38,73-75,80H,5-8,10-12,14-20,24,29-31,39-72H2,1-4H3,(H,85,86)(H,87,88)/b13-9-,25-21-,26-22-,27-23-,32-28-,36-33-,37-34-,38-35-. The van der Waals surface area contributed by atoms with Gasteiger partial charge in [0.2, 0.25) is 0 Å². The van der Waals surface area contributed by atoms with Crippen LogP contribution < -0.4 is 0 Å². The lowest BCUT2D eigenvalue weighted by Gasteiger charge is -2.21. The molecular formula is C79H138O17P2. The number of phosphoric acid groups is 2. The fraction of sp³-hybridized carbons (Fsp3) is 0.747. The molecule has 0 aromatic rings. The third-order valence-corrected chi connectivity index (χ3v) is 17.9. The number of unbranched alkanes of at least 4 members (excludes halogenated alkanes) is 30. The highest BCUT2D eigenvalue weighted by Gasteiger charge is 2.30. The van der Waals surface area contributed by atoms with Crippen LogP contribution in [0.25, 0.3) is 0 Å². The van der Waals surface area contributed by atoms with E-state index in [1.165, 1.54) is 64.2 Å². The van der Waals surface area contributed by atoms with Gasteiger partial charge in [0.15, 0.2) is 12.2 Å². The van der Waals surface area contributed by atoms with Gasteiger partial charge in [-0.2, -0.15) is 0 Å². The van der Waals surface area contributed by atoms with Gasteiger partial charge in [-0.05, 0) is 148 Å². The summed E-state index contributed by atoms with van der Waals surface area (Å²) in [5, 5.41) is 10.6. The molecule has 0 fully saturated rings. The van der Waals surface area contributed by atoms with Gasteiger partial charge >= 0.3 is 39.5 Å². The highest BCUT2D eigenvalue weighted by molar-refractivity contribution is 7.47. The van der Waals surface area contributed by atoms with E-state index in [0.29, 0.717) is 25.7 Å². The molecule has 0 spiro atoms. The van der Waals surface area contributed by atoms with Crippen molar-refractivity contribution in [2.75, 3.05) is 39.6 Å². The number of allylic oxidation sites excluding steroid dienone is 16. The van der Waals surface area contributed by atoms with E-state index in [0.717, 1.165) is 180 Å². The van der Waals surface area contributed by atoms with Crippen LogP contribution in [0.4, 0.5) is 0 Å². The lowest BCUT2D eigenvalue weighted by molar-refractivity contribution is -0.161. The van der Waals surface area contributed by atoms with Crippen molar-refractivity contribution in [3.63, 3.8) is 0 Å². The summed E-state index contributed by atoms with van der Waals surface area (Å²) in [6.07, 6.45) is 73.9. The third kappa shape index (κ3) is 70.4. The van der Waals surface area contributed by atoms with Gasteiger partial charge in [0.25, 0.3) is 0 Å². The van der Waals surface area contributed by atoms with E-state index in [1.807, 2.05) is 0 Å². The van der Waals surface area contributed by atoms with Crippen molar-refractivity contribution in [2.24, 2.45) is 0 Å². The highest BCUT2D eigenvalue weighted by atomic mass is 31.2. The van der Waals surface area contributed by atoms with Gasteiger partial charge in [0.1, 0.15) is 19.3 Å². The molecule has 566 valence electrons. The van der Waals surface area contributed by atoms with Crippen LogP contribution in [-0.2, 0) is 65.4 Å². The van der Waals surface area contributed by atoms with Crippen molar-refractivity contribution in [3.05, 3.63) is 97.2 Å². The zero-order valence-electron chi connectivity index (χ0n) is 61.7. The van der Waals surface area contributed by atoms with Gasteiger partial charge in [-0.15, -0.1) is 0 Å². The number of aliphatic hydroxyl groups excluding tert-OH is 1. The van der Waals surface area contributed by atoms with Crippen molar-refractivity contribution in [1.29, 1.82) is 0 Å². The Labute approximate surface area is 595 Å². The first-order valence-corrected chi connectivity index (χ1v) is 41.5. The number of phosphoric ester groups is 2. The molecule has 0 heterocycles. The maximum atomic E-state index is 13.1. The Morgan fingerprint density at radius 2 is 0.531 bits per heavy atom. The molecule has 0 saturated carbocycles. The summed E-state index contributed by atoms with van der Waals surface area (Å²) in [7, 11) is -9.96. The number of ether oxygens (including phenoxy) is 4. The number of hydrogen-bond donors (Lipinski definition) is 3. The average molecular weight is 1420 g/mol. The quantitative estimate of drug-likeness (QED) is 0.0169. The Balaban J connectivity index is 5.38. The molecule has 3 N–H and O–H groups in total. The molecule has 5 atom stereocenters. The molecule has 19 heteroatoms. The second kappa shape index (κ2) is 71.4. The molecule has 0 aliphatic carbocycles. The summed E-state index contributed by atoms with van der Waals surface area (Å²) < 4.78 is 68.5. The molecule has 17 nitrogen and oxygen atoms in total. The van der Waals surface area contributed by atoms with Crippen LogP contribution in [0.15, 0.2) is 97.2 Å². The summed E-state index contributed by atoms with van der Waals surface area (Å²) in [4.78, 5) is 72.9. The number of aliphatic hydroxyl groups is 1. The van der Waals surface area contributed by atoms with Gasteiger partial charge in [-0.1, -0.05) is 247 Å². The van der Waals surface area contributed by atoms with E-state index in [2.05, 4.69) is 125 Å². The van der Waals surface area contributed by atoms with Crippen LogP contribution in [0.1, 0.15) is 323 Å². The molecule has 0 rings (SSSR count). The lowest BCUT2D eigenvalue weighted by atomic mass is 10.1. The smallest absolute Gasteiger partial charge is 0.462 e. The van der Waals surface area contributed by atoms with Gasteiger partial charge < -0.3 is 33.8 Å². The predicted octanol–water partition coefficient (Wildman–Crippen LogP) is 22.0. The number of esters is 4. The fourth-order valence-corrected chi connectivity index (χ4v) is 11.7. The molecule has 0 aliphatic rings. The SMILES string of the molecule is CC/C=C\C/C=C\C/C=C\CCCCCCCC(=O)OCC(COP(=O)(O)OCC(O)COP(=O)(O)OCC(COC(=O)CCCCCCC/C=C\C/C=C\CCCCC)OC(=O)CCCCCCC/C=C\C/C=C\CCCCC)OC(=O)CCCCCCC/C=C\CCCCCC. The van der Waals surface area contributed by atoms with Crippen molar-refractivity contribution in [2.45, 2.75) is 341 Å². The predicted molar refractivity (Wildman–Crippen MR) is 399 cm³/mol. The van der Waals surface area contributed by atoms with Crippen LogP contribution in [0, 0.1) is 0 Å². The van der Waals surface area contributed by atoms with Crippen molar-refractivity contribution in [3.8, 4) is 0 Å². The molecule has 5 unspecified atom stereocenters. The minimum atomic E-state index is -4.98. The van der Waals surface area contributed by atoms with Crippen LogP contribution in [-0.4, -0.2) is 96.7 Å². The molecular weight excluding hydrogens is 1280 g/mol. The Bertz CT molecular complexity index is 2240. The maximum absolute atomic E-state index is 13.1. The molecule has 0 amide bonds. The summed E-state index contributed by atoms with van der Waals surface area (Å²) in [5.41, 5.74) is 0. The maximum Gasteiger partial charge on any atom is 0.472 e. The van der Waals surface area contributed by atoms with E-state index in [9.17, 15) is 43.2 Å². The van der Waals surface area contributed by atoms with E-state index in [1.54, 1.807) is 0 Å². The second-order valence-corrected chi connectivity index (χ2v) is 28.5. The van der Waals surface area contributed by atoms with Gasteiger partial charge in [-0.3, -0.25) is 37.3 Å². The highest BCUT2D eigenvalue weighted by Crippen LogP contribution is 2.45. The molecule has 0 aromatic heterocycles. The summed E-state index contributed by atoms with van der Waals surface area (Å²) in [6, 6.07) is 0. The van der Waals surface area contributed by atoms with Crippen molar-refractivity contribution in [1.82, 2.24) is 0 Å². The van der Waals surface area contributed by atoms with Crippen LogP contribution >= 0.6 is 15.6 Å². The summed E-state index contributed by atoms with van der Waals surface area (Å²) in [6.45, 7) is 4.65. The second-order valence-electron chi connectivity index (χ2n) is 25.6. The molecule has 98 heavy (non-hydrogen) atoms. The zero-order valence-corrected chi connectivity index (χ0v) is 63.5. The minimum absolute atomic E-state index is 0.0759. The van der Waals surface area contributed by atoms with Crippen molar-refractivity contribution >= 4 is 39.5 Å². The van der Waals surface area contributed by atoms with Gasteiger partial charge in [0.05, 0.1) is 26.4 Å².